The molecule has 1 aromatic carbocycles. The summed E-state index contributed by atoms with van der Waals surface area (Å²) < 4.78 is 12.5. The van der Waals surface area contributed by atoms with Crippen molar-refractivity contribution >= 4 is 0 Å². The van der Waals surface area contributed by atoms with E-state index in [1.807, 2.05) is 18.2 Å². The Morgan fingerprint density at radius 1 is 1.19 bits per heavy atom. The molecular formula is C28H44O3. The lowest BCUT2D eigenvalue weighted by atomic mass is 9.82. The van der Waals surface area contributed by atoms with Gasteiger partial charge in [-0.1, -0.05) is 81.8 Å². The summed E-state index contributed by atoms with van der Waals surface area (Å²) in [5, 5.41) is 11.4. The lowest BCUT2D eigenvalue weighted by Gasteiger charge is -2.26. The van der Waals surface area contributed by atoms with Gasteiger partial charge in [0.2, 0.25) is 0 Å². The highest BCUT2D eigenvalue weighted by Crippen LogP contribution is 2.45. The lowest BCUT2D eigenvalue weighted by molar-refractivity contribution is -0.0785. The number of ether oxygens (including phenoxy) is 2. The van der Waals surface area contributed by atoms with Gasteiger partial charge in [-0.3, -0.25) is 0 Å². The Morgan fingerprint density at radius 3 is 2.55 bits per heavy atom. The first kappa shape index (κ1) is 25.8. The van der Waals surface area contributed by atoms with Crippen LogP contribution in [0.4, 0.5) is 0 Å². The summed E-state index contributed by atoms with van der Waals surface area (Å²) in [4.78, 5) is 0. The third-order valence-electron chi connectivity index (χ3n) is 6.69. The maximum Gasteiger partial charge on any atom is 0.0937 e. The summed E-state index contributed by atoms with van der Waals surface area (Å²) in [5.74, 6) is 0.568. The standard InChI is InChI=1S/C28H44O3/c1-6-10-14-24(7-2)19-23(5)20-27(8-3)22-28(29,9-4)26(31-27)17-18-30-21-25-15-12-11-13-16-25/h10-16,20,24,26,29H,6-9,17-19,21-22H2,1-5H3/b14-10+,23-20+/t24-,26-,27-,28-/m0/s1. The van der Waals surface area contributed by atoms with E-state index in [9.17, 15) is 5.11 Å². The van der Waals surface area contributed by atoms with Gasteiger partial charge in [0.05, 0.1) is 23.9 Å². The molecule has 3 heteroatoms. The molecule has 0 spiro atoms. The van der Waals surface area contributed by atoms with E-state index in [-0.39, 0.29) is 11.7 Å². The number of benzene rings is 1. The van der Waals surface area contributed by atoms with Crippen LogP contribution in [0.3, 0.4) is 0 Å². The van der Waals surface area contributed by atoms with E-state index in [0.29, 0.717) is 38.4 Å². The van der Waals surface area contributed by atoms with Crippen LogP contribution < -0.4 is 0 Å². The van der Waals surface area contributed by atoms with E-state index in [1.54, 1.807) is 0 Å². The normalized spacial score (nSPS) is 27.8. The molecule has 174 valence electrons. The first-order valence-electron chi connectivity index (χ1n) is 12.3. The summed E-state index contributed by atoms with van der Waals surface area (Å²) in [5.41, 5.74) is 1.35. The molecule has 0 aliphatic carbocycles. The molecule has 3 nitrogen and oxygen atoms in total. The molecule has 1 aliphatic heterocycles. The monoisotopic (exact) mass is 428 g/mol. The van der Waals surface area contributed by atoms with Crippen molar-refractivity contribution in [1.82, 2.24) is 0 Å². The molecular weight excluding hydrogens is 384 g/mol. The van der Waals surface area contributed by atoms with Crippen LogP contribution in [-0.4, -0.2) is 29.0 Å². The quantitative estimate of drug-likeness (QED) is 0.271. The van der Waals surface area contributed by atoms with Crippen molar-refractivity contribution < 1.29 is 14.6 Å². The highest BCUT2D eigenvalue weighted by molar-refractivity contribution is 5.18. The minimum atomic E-state index is -0.796. The highest BCUT2D eigenvalue weighted by Gasteiger charge is 2.52. The van der Waals surface area contributed by atoms with Gasteiger partial charge in [0.15, 0.2) is 0 Å². The van der Waals surface area contributed by atoms with E-state index in [1.165, 1.54) is 11.1 Å². The fourth-order valence-corrected chi connectivity index (χ4v) is 4.70. The molecule has 0 saturated carbocycles. The van der Waals surface area contributed by atoms with Gasteiger partial charge in [-0.05, 0) is 56.9 Å². The lowest BCUT2D eigenvalue weighted by Crippen LogP contribution is -2.38. The first-order valence-corrected chi connectivity index (χ1v) is 12.3. The molecule has 1 heterocycles. The Kier molecular flexibility index (Phi) is 10.5. The van der Waals surface area contributed by atoms with Gasteiger partial charge in [0.25, 0.3) is 0 Å². The zero-order valence-electron chi connectivity index (χ0n) is 20.4. The zero-order valence-corrected chi connectivity index (χ0v) is 20.4. The topological polar surface area (TPSA) is 38.7 Å². The van der Waals surface area contributed by atoms with Gasteiger partial charge in [-0.15, -0.1) is 0 Å². The zero-order chi connectivity index (χ0) is 22.7. The smallest absolute Gasteiger partial charge is 0.0937 e. The van der Waals surface area contributed by atoms with Crippen LogP contribution in [0, 0.1) is 5.92 Å². The Hall–Kier alpha value is -1.42. The van der Waals surface area contributed by atoms with Crippen molar-refractivity contribution in [3.8, 4) is 0 Å². The third kappa shape index (κ3) is 7.59. The fourth-order valence-electron chi connectivity index (χ4n) is 4.70. The Labute approximate surface area is 190 Å². The second-order valence-electron chi connectivity index (χ2n) is 9.19. The first-order chi connectivity index (χ1) is 14.9. The molecule has 0 aromatic heterocycles. The maximum atomic E-state index is 11.4. The minimum absolute atomic E-state index is 0.195. The van der Waals surface area contributed by atoms with Crippen molar-refractivity contribution in [1.29, 1.82) is 0 Å². The largest absolute Gasteiger partial charge is 0.387 e. The van der Waals surface area contributed by atoms with Crippen LogP contribution in [0.25, 0.3) is 0 Å². The van der Waals surface area contributed by atoms with Crippen molar-refractivity contribution in [2.45, 2.75) is 103 Å². The second kappa shape index (κ2) is 12.6. The number of hydrogen-bond acceptors (Lipinski definition) is 3. The maximum absolute atomic E-state index is 11.4. The van der Waals surface area contributed by atoms with Gasteiger partial charge in [0, 0.05) is 13.0 Å². The van der Waals surface area contributed by atoms with Crippen LogP contribution in [0.15, 0.2) is 54.1 Å². The average Bonchev–Trinajstić information content (AvgIpc) is 3.07. The van der Waals surface area contributed by atoms with Gasteiger partial charge >= 0.3 is 0 Å². The molecule has 0 unspecified atom stereocenters. The summed E-state index contributed by atoms with van der Waals surface area (Å²) in [7, 11) is 0. The minimum Gasteiger partial charge on any atom is -0.387 e. The van der Waals surface area contributed by atoms with Crippen LogP contribution in [0.1, 0.15) is 85.1 Å². The van der Waals surface area contributed by atoms with E-state index < -0.39 is 5.60 Å². The van der Waals surface area contributed by atoms with Crippen LogP contribution in [-0.2, 0) is 16.1 Å². The molecule has 1 aromatic rings. The molecule has 31 heavy (non-hydrogen) atoms. The summed E-state index contributed by atoms with van der Waals surface area (Å²) in [6.07, 6.45) is 12.9. The van der Waals surface area contributed by atoms with E-state index >= 15 is 0 Å². The van der Waals surface area contributed by atoms with Gasteiger partial charge in [0.1, 0.15) is 0 Å². The number of hydrogen-bond donors (Lipinski definition) is 1. The molecule has 0 radical (unpaired) electrons. The number of rotatable bonds is 13. The van der Waals surface area contributed by atoms with E-state index in [4.69, 9.17) is 9.47 Å². The number of aliphatic hydroxyl groups is 1. The molecule has 1 aliphatic rings. The predicted molar refractivity (Wildman–Crippen MR) is 130 cm³/mol. The highest BCUT2D eigenvalue weighted by atomic mass is 16.5. The molecule has 1 saturated heterocycles. The SMILES string of the molecule is CC/C=C/[C@H](CC)C/C(C)=C/[C@@]1(CC)C[C@@](O)(CC)[C@H](CCOCc2ccccc2)O1. The Bertz CT molecular complexity index is 695. The second-order valence-corrected chi connectivity index (χ2v) is 9.19. The average molecular weight is 429 g/mol. The fraction of sp³-hybridized carbons (Fsp3) is 0.643. The van der Waals surface area contributed by atoms with Crippen molar-refractivity contribution in [3.63, 3.8) is 0 Å². The van der Waals surface area contributed by atoms with Crippen LogP contribution >= 0.6 is 0 Å². The Balaban J connectivity index is 2.01. The summed E-state index contributed by atoms with van der Waals surface area (Å²) in [6, 6.07) is 10.2. The van der Waals surface area contributed by atoms with Crippen LogP contribution in [0.5, 0.6) is 0 Å². The molecule has 0 bridgehead atoms. The van der Waals surface area contributed by atoms with E-state index in [0.717, 1.165) is 25.7 Å². The predicted octanol–water partition coefficient (Wildman–Crippen LogP) is 7.00. The third-order valence-corrected chi connectivity index (χ3v) is 6.69. The van der Waals surface area contributed by atoms with Crippen molar-refractivity contribution in [2.75, 3.05) is 6.61 Å². The van der Waals surface area contributed by atoms with Gasteiger partial charge in [-0.25, -0.2) is 0 Å². The van der Waals surface area contributed by atoms with Gasteiger partial charge < -0.3 is 14.6 Å². The molecule has 4 atom stereocenters. The number of allylic oxidation sites excluding steroid dienone is 3. The molecule has 2 rings (SSSR count). The molecule has 0 amide bonds. The summed E-state index contributed by atoms with van der Waals surface area (Å²) >= 11 is 0. The van der Waals surface area contributed by atoms with Gasteiger partial charge in [-0.2, -0.15) is 0 Å². The van der Waals surface area contributed by atoms with E-state index in [2.05, 4.69) is 65.0 Å². The van der Waals surface area contributed by atoms with Crippen molar-refractivity contribution in [3.05, 3.63) is 59.7 Å². The van der Waals surface area contributed by atoms with Crippen LogP contribution in [0.2, 0.25) is 0 Å². The Morgan fingerprint density at radius 2 is 1.94 bits per heavy atom. The summed E-state index contributed by atoms with van der Waals surface area (Å²) in [6.45, 7) is 12.1. The molecule has 1 N–H and O–H groups in total. The van der Waals surface area contributed by atoms with Crippen molar-refractivity contribution in [2.24, 2.45) is 5.92 Å². The molecule has 1 fully saturated rings.